The van der Waals surface area contributed by atoms with Gasteiger partial charge in [0.05, 0.1) is 13.7 Å². The van der Waals surface area contributed by atoms with Gasteiger partial charge < -0.3 is 15.4 Å². The minimum Gasteiger partial charge on any atom is -0.496 e. The molecule has 2 amide bonds. The third-order valence-corrected chi connectivity index (χ3v) is 2.78. The van der Waals surface area contributed by atoms with Crippen molar-refractivity contribution in [2.75, 3.05) is 13.7 Å². The quantitative estimate of drug-likeness (QED) is 0.817. The van der Waals surface area contributed by atoms with Crippen LogP contribution in [0.2, 0.25) is 5.02 Å². The van der Waals surface area contributed by atoms with Gasteiger partial charge in [0.15, 0.2) is 0 Å². The molecular weight excluding hydrogens is 304 g/mol. The van der Waals surface area contributed by atoms with Gasteiger partial charge in [-0.3, -0.25) is 9.59 Å². The van der Waals surface area contributed by atoms with E-state index in [9.17, 15) is 9.59 Å². The minimum absolute atomic E-state index is 0.0763. The normalized spacial score (nSPS) is 11.3. The first-order chi connectivity index (χ1) is 10.2. The zero-order chi connectivity index (χ0) is 16.8. The van der Waals surface area contributed by atoms with E-state index in [1.807, 2.05) is 20.8 Å². The number of rotatable bonds is 5. The number of nitrogens with one attached hydrogen (secondary N) is 2. The molecule has 0 aliphatic rings. The summed E-state index contributed by atoms with van der Waals surface area (Å²) in [6.07, 6.45) is 2.92. The van der Waals surface area contributed by atoms with Crippen LogP contribution < -0.4 is 15.4 Å². The molecular formula is C16H21ClN2O3. The van der Waals surface area contributed by atoms with Gasteiger partial charge in [-0.25, -0.2) is 0 Å². The number of benzene rings is 1. The predicted octanol–water partition coefficient (Wildman–Crippen LogP) is 2.39. The van der Waals surface area contributed by atoms with Crippen molar-refractivity contribution in [2.45, 2.75) is 26.3 Å². The fraction of sp³-hybridized carbons (Fsp3) is 0.375. The van der Waals surface area contributed by atoms with Crippen molar-refractivity contribution in [3.63, 3.8) is 0 Å². The van der Waals surface area contributed by atoms with Crippen LogP contribution in [0.4, 0.5) is 0 Å². The lowest BCUT2D eigenvalue weighted by atomic mass is 10.1. The first kappa shape index (κ1) is 18.0. The predicted molar refractivity (Wildman–Crippen MR) is 87.9 cm³/mol. The average molecular weight is 325 g/mol. The van der Waals surface area contributed by atoms with Crippen molar-refractivity contribution < 1.29 is 14.3 Å². The second-order valence-corrected chi connectivity index (χ2v) is 6.17. The van der Waals surface area contributed by atoms with Crippen molar-refractivity contribution in [2.24, 2.45) is 0 Å². The number of halogens is 1. The Labute approximate surface area is 135 Å². The molecule has 5 nitrogen and oxygen atoms in total. The van der Waals surface area contributed by atoms with E-state index < -0.39 is 0 Å². The Morgan fingerprint density at radius 1 is 1.32 bits per heavy atom. The molecule has 0 aliphatic heterocycles. The van der Waals surface area contributed by atoms with Crippen LogP contribution in [0.15, 0.2) is 24.3 Å². The number of carbonyl (C=O) groups excluding carboxylic acids is 2. The van der Waals surface area contributed by atoms with Crippen LogP contribution in [0.1, 0.15) is 26.3 Å². The van der Waals surface area contributed by atoms with Gasteiger partial charge in [0.1, 0.15) is 5.75 Å². The van der Waals surface area contributed by atoms with Crippen molar-refractivity contribution in [3.05, 3.63) is 34.9 Å². The summed E-state index contributed by atoms with van der Waals surface area (Å²) in [6.45, 7) is 5.54. The zero-order valence-electron chi connectivity index (χ0n) is 13.2. The maximum Gasteiger partial charge on any atom is 0.244 e. The van der Waals surface area contributed by atoms with Crippen LogP contribution in [0, 0.1) is 0 Å². The highest BCUT2D eigenvalue weighted by atomic mass is 35.5. The molecule has 120 valence electrons. The van der Waals surface area contributed by atoms with Crippen molar-refractivity contribution in [3.8, 4) is 5.75 Å². The maximum atomic E-state index is 11.7. The van der Waals surface area contributed by atoms with Crippen LogP contribution in [0.25, 0.3) is 6.08 Å². The highest BCUT2D eigenvalue weighted by Gasteiger charge is 2.13. The highest BCUT2D eigenvalue weighted by Crippen LogP contribution is 2.23. The summed E-state index contributed by atoms with van der Waals surface area (Å²) in [5.41, 5.74) is 0.357. The lowest BCUT2D eigenvalue weighted by Crippen LogP contribution is -2.45. The lowest BCUT2D eigenvalue weighted by molar-refractivity contribution is -0.124. The van der Waals surface area contributed by atoms with Gasteiger partial charge in [-0.15, -0.1) is 0 Å². The molecule has 0 saturated heterocycles. The Bertz CT molecular complexity index is 577. The van der Waals surface area contributed by atoms with E-state index in [1.54, 1.807) is 24.3 Å². The van der Waals surface area contributed by atoms with Gasteiger partial charge in [-0.05, 0) is 45.0 Å². The number of hydrogen-bond donors (Lipinski definition) is 2. The van der Waals surface area contributed by atoms with Gasteiger partial charge in [0.25, 0.3) is 0 Å². The van der Waals surface area contributed by atoms with Crippen molar-refractivity contribution >= 4 is 29.5 Å². The summed E-state index contributed by atoms with van der Waals surface area (Å²) in [4.78, 5) is 23.3. The van der Waals surface area contributed by atoms with Crippen LogP contribution in [-0.4, -0.2) is 31.0 Å². The molecule has 0 bridgehead atoms. The molecule has 1 aromatic carbocycles. The number of ether oxygens (including phenoxy) is 1. The number of amides is 2. The third-order valence-electron chi connectivity index (χ3n) is 2.54. The SMILES string of the molecule is COc1ccc(Cl)cc1/C=C/C(=O)NCC(=O)NC(C)(C)C. The second kappa shape index (κ2) is 7.84. The second-order valence-electron chi connectivity index (χ2n) is 5.74. The summed E-state index contributed by atoms with van der Waals surface area (Å²) >= 11 is 5.91. The first-order valence-corrected chi connectivity index (χ1v) is 7.19. The molecule has 0 radical (unpaired) electrons. The summed E-state index contributed by atoms with van der Waals surface area (Å²) in [5, 5.41) is 5.82. The zero-order valence-corrected chi connectivity index (χ0v) is 14.0. The summed E-state index contributed by atoms with van der Waals surface area (Å²) in [5.74, 6) is -0.000371. The number of hydrogen-bond acceptors (Lipinski definition) is 3. The number of methoxy groups -OCH3 is 1. The maximum absolute atomic E-state index is 11.7. The van der Waals surface area contributed by atoms with E-state index >= 15 is 0 Å². The van der Waals surface area contributed by atoms with Crippen LogP contribution >= 0.6 is 11.6 Å². The molecule has 0 aromatic heterocycles. The highest BCUT2D eigenvalue weighted by molar-refractivity contribution is 6.30. The molecule has 0 fully saturated rings. The molecule has 1 aromatic rings. The smallest absolute Gasteiger partial charge is 0.244 e. The van der Waals surface area contributed by atoms with Crippen LogP contribution in [0.5, 0.6) is 5.75 Å². The third kappa shape index (κ3) is 6.63. The van der Waals surface area contributed by atoms with Crippen LogP contribution in [0.3, 0.4) is 0 Å². The fourth-order valence-corrected chi connectivity index (χ4v) is 1.87. The molecule has 0 saturated carbocycles. The molecule has 0 atom stereocenters. The molecule has 0 unspecified atom stereocenters. The summed E-state index contributed by atoms with van der Waals surface area (Å²) in [7, 11) is 1.54. The summed E-state index contributed by atoms with van der Waals surface area (Å²) in [6, 6.07) is 5.11. The van der Waals surface area contributed by atoms with Gasteiger partial charge >= 0.3 is 0 Å². The Kier molecular flexibility index (Phi) is 6.43. The molecule has 0 heterocycles. The minimum atomic E-state index is -0.369. The Hall–Kier alpha value is -2.01. The molecule has 22 heavy (non-hydrogen) atoms. The summed E-state index contributed by atoms with van der Waals surface area (Å²) < 4.78 is 5.18. The first-order valence-electron chi connectivity index (χ1n) is 6.82. The van der Waals surface area contributed by atoms with E-state index in [0.717, 1.165) is 0 Å². The molecule has 6 heteroatoms. The van der Waals surface area contributed by atoms with E-state index in [4.69, 9.17) is 16.3 Å². The van der Waals surface area contributed by atoms with E-state index in [-0.39, 0.29) is 23.9 Å². The van der Waals surface area contributed by atoms with Gasteiger partial charge in [0, 0.05) is 22.2 Å². The Morgan fingerprint density at radius 2 is 2.00 bits per heavy atom. The fourth-order valence-electron chi connectivity index (χ4n) is 1.69. The van der Waals surface area contributed by atoms with Crippen molar-refractivity contribution in [1.82, 2.24) is 10.6 Å². The lowest BCUT2D eigenvalue weighted by Gasteiger charge is -2.20. The average Bonchev–Trinajstić information content (AvgIpc) is 2.41. The van der Waals surface area contributed by atoms with E-state index in [0.29, 0.717) is 16.3 Å². The van der Waals surface area contributed by atoms with Gasteiger partial charge in [-0.1, -0.05) is 11.6 Å². The van der Waals surface area contributed by atoms with E-state index in [2.05, 4.69) is 10.6 Å². The molecule has 1 rings (SSSR count). The molecule has 2 N–H and O–H groups in total. The molecule has 0 spiro atoms. The standard InChI is InChI=1S/C16H21ClN2O3/c1-16(2,3)19-15(21)10-18-14(20)8-5-11-9-12(17)6-7-13(11)22-4/h5-9H,10H2,1-4H3,(H,18,20)(H,19,21)/b8-5+. The van der Waals surface area contributed by atoms with Gasteiger partial charge in [0.2, 0.25) is 11.8 Å². The molecule has 0 aliphatic carbocycles. The Morgan fingerprint density at radius 3 is 2.59 bits per heavy atom. The Balaban J connectivity index is 2.58. The van der Waals surface area contributed by atoms with Gasteiger partial charge in [-0.2, -0.15) is 0 Å². The monoisotopic (exact) mass is 324 g/mol. The number of carbonyl (C=O) groups is 2. The topological polar surface area (TPSA) is 67.4 Å². The van der Waals surface area contributed by atoms with Crippen molar-refractivity contribution in [1.29, 1.82) is 0 Å². The van der Waals surface area contributed by atoms with Crippen LogP contribution in [-0.2, 0) is 9.59 Å². The van der Waals surface area contributed by atoms with E-state index in [1.165, 1.54) is 13.2 Å². The largest absolute Gasteiger partial charge is 0.496 e.